The van der Waals surface area contributed by atoms with E-state index in [9.17, 15) is 9.90 Å². The number of thiazole rings is 1. The van der Waals surface area contributed by atoms with Crippen LogP contribution < -0.4 is 5.32 Å². The molecular formula is C13H22N2O4S. The molecule has 6 nitrogen and oxygen atoms in total. The van der Waals surface area contributed by atoms with Gasteiger partial charge in [-0.15, -0.1) is 11.3 Å². The molecule has 0 aliphatic heterocycles. The standard InChI is InChI=1S/C13H22N2O4S/c1-10-12(20-9-15-10)4-6-19-8-11(16)7-14-5-3-13(17)18-2/h9,11,14,16H,3-8H2,1-2H3. The summed E-state index contributed by atoms with van der Waals surface area (Å²) in [5.74, 6) is -0.261. The molecule has 0 aliphatic carbocycles. The third-order valence-corrected chi connectivity index (χ3v) is 3.74. The summed E-state index contributed by atoms with van der Waals surface area (Å²) in [7, 11) is 1.36. The van der Waals surface area contributed by atoms with Crippen molar-refractivity contribution < 1.29 is 19.4 Å². The molecule has 0 saturated carbocycles. The highest BCUT2D eigenvalue weighted by molar-refractivity contribution is 7.09. The Morgan fingerprint density at radius 2 is 2.40 bits per heavy atom. The smallest absolute Gasteiger partial charge is 0.306 e. The lowest BCUT2D eigenvalue weighted by Crippen LogP contribution is -2.32. The van der Waals surface area contributed by atoms with Gasteiger partial charge >= 0.3 is 5.97 Å². The number of hydrogen-bond donors (Lipinski definition) is 2. The number of methoxy groups -OCH3 is 1. The molecular weight excluding hydrogens is 280 g/mol. The Labute approximate surface area is 123 Å². The second-order valence-electron chi connectivity index (χ2n) is 4.37. The molecule has 1 aromatic heterocycles. The van der Waals surface area contributed by atoms with Gasteiger partial charge < -0.3 is 19.9 Å². The lowest BCUT2D eigenvalue weighted by atomic mass is 10.3. The van der Waals surface area contributed by atoms with E-state index < -0.39 is 6.10 Å². The summed E-state index contributed by atoms with van der Waals surface area (Å²) in [5, 5.41) is 12.6. The highest BCUT2D eigenvalue weighted by Crippen LogP contribution is 2.12. The fourth-order valence-electron chi connectivity index (χ4n) is 1.57. The molecule has 0 saturated heterocycles. The lowest BCUT2D eigenvalue weighted by Gasteiger charge is -2.12. The molecule has 0 amide bonds. The van der Waals surface area contributed by atoms with E-state index in [1.54, 1.807) is 11.3 Å². The Bertz CT molecular complexity index is 397. The minimum Gasteiger partial charge on any atom is -0.469 e. The molecule has 1 aromatic rings. The first-order chi connectivity index (χ1) is 9.63. The number of nitrogens with one attached hydrogen (secondary N) is 1. The van der Waals surface area contributed by atoms with E-state index in [0.717, 1.165) is 12.1 Å². The van der Waals surface area contributed by atoms with Gasteiger partial charge in [0.15, 0.2) is 0 Å². The van der Waals surface area contributed by atoms with Crippen LogP contribution in [0.25, 0.3) is 0 Å². The summed E-state index contributed by atoms with van der Waals surface area (Å²) in [6, 6.07) is 0. The lowest BCUT2D eigenvalue weighted by molar-refractivity contribution is -0.140. The Morgan fingerprint density at radius 3 is 3.05 bits per heavy atom. The van der Waals surface area contributed by atoms with E-state index >= 15 is 0 Å². The second kappa shape index (κ2) is 9.82. The minimum absolute atomic E-state index is 0.261. The molecule has 0 spiro atoms. The summed E-state index contributed by atoms with van der Waals surface area (Å²) < 4.78 is 9.93. The van der Waals surface area contributed by atoms with Crippen LogP contribution in [0.5, 0.6) is 0 Å². The van der Waals surface area contributed by atoms with Crippen molar-refractivity contribution >= 4 is 17.3 Å². The van der Waals surface area contributed by atoms with Gasteiger partial charge in [-0.2, -0.15) is 0 Å². The Morgan fingerprint density at radius 1 is 1.60 bits per heavy atom. The van der Waals surface area contributed by atoms with Crippen LogP contribution in [0, 0.1) is 6.92 Å². The summed E-state index contributed by atoms with van der Waals surface area (Å²) in [6.45, 7) is 3.72. The van der Waals surface area contributed by atoms with Gasteiger partial charge in [0.1, 0.15) is 0 Å². The average Bonchev–Trinajstić information content (AvgIpc) is 2.85. The third kappa shape index (κ3) is 6.95. The van der Waals surface area contributed by atoms with Crippen molar-refractivity contribution in [2.45, 2.75) is 25.9 Å². The van der Waals surface area contributed by atoms with E-state index in [0.29, 0.717) is 26.1 Å². The van der Waals surface area contributed by atoms with E-state index in [4.69, 9.17) is 4.74 Å². The molecule has 1 atom stereocenters. The van der Waals surface area contributed by atoms with Crippen molar-refractivity contribution in [3.05, 3.63) is 16.1 Å². The van der Waals surface area contributed by atoms with Crippen LogP contribution in [0.15, 0.2) is 5.51 Å². The maximum Gasteiger partial charge on any atom is 0.306 e. The Balaban J connectivity index is 1.99. The highest BCUT2D eigenvalue weighted by atomic mass is 32.1. The van der Waals surface area contributed by atoms with Gasteiger partial charge in [-0.25, -0.2) is 4.98 Å². The number of ether oxygens (including phenoxy) is 2. The van der Waals surface area contributed by atoms with Crippen LogP contribution in [-0.2, 0) is 20.7 Å². The van der Waals surface area contributed by atoms with Gasteiger partial charge in [-0.1, -0.05) is 0 Å². The number of aromatic nitrogens is 1. The average molecular weight is 302 g/mol. The van der Waals surface area contributed by atoms with Crippen molar-refractivity contribution in [2.24, 2.45) is 0 Å². The predicted octanol–water partition coefficient (Wildman–Crippen LogP) is 0.524. The van der Waals surface area contributed by atoms with Crippen molar-refractivity contribution in [1.29, 1.82) is 0 Å². The zero-order valence-corrected chi connectivity index (χ0v) is 12.7. The number of rotatable bonds is 10. The van der Waals surface area contributed by atoms with Crippen LogP contribution in [0.1, 0.15) is 17.0 Å². The van der Waals surface area contributed by atoms with Crippen molar-refractivity contribution in [3.63, 3.8) is 0 Å². The number of aryl methyl sites for hydroxylation is 1. The summed E-state index contributed by atoms with van der Waals surface area (Å²) >= 11 is 1.62. The first-order valence-electron chi connectivity index (χ1n) is 6.55. The number of aliphatic hydroxyl groups is 1. The van der Waals surface area contributed by atoms with Crippen LogP contribution in [0.2, 0.25) is 0 Å². The van der Waals surface area contributed by atoms with Crippen LogP contribution in [0.4, 0.5) is 0 Å². The third-order valence-electron chi connectivity index (χ3n) is 2.74. The SMILES string of the molecule is COC(=O)CCNCC(O)COCCc1scnc1C. The zero-order chi connectivity index (χ0) is 14.8. The van der Waals surface area contributed by atoms with E-state index in [-0.39, 0.29) is 12.6 Å². The molecule has 20 heavy (non-hydrogen) atoms. The quantitative estimate of drug-likeness (QED) is 0.484. The first kappa shape index (κ1) is 17.0. The molecule has 114 valence electrons. The number of aliphatic hydroxyl groups excluding tert-OH is 1. The highest BCUT2D eigenvalue weighted by Gasteiger charge is 2.06. The number of nitrogens with zero attached hydrogens (tertiary/aromatic N) is 1. The molecule has 0 fully saturated rings. The summed E-state index contributed by atoms with van der Waals surface area (Å²) in [5.41, 5.74) is 2.87. The number of carbonyl (C=O) groups is 1. The first-order valence-corrected chi connectivity index (χ1v) is 7.43. The van der Waals surface area contributed by atoms with Gasteiger partial charge in [-0.05, 0) is 6.92 Å². The van der Waals surface area contributed by atoms with Gasteiger partial charge in [0.2, 0.25) is 0 Å². The van der Waals surface area contributed by atoms with E-state index in [1.165, 1.54) is 12.0 Å². The maximum absolute atomic E-state index is 10.9. The second-order valence-corrected chi connectivity index (χ2v) is 5.31. The number of hydrogen-bond acceptors (Lipinski definition) is 7. The Kier molecular flexibility index (Phi) is 8.36. The summed E-state index contributed by atoms with van der Waals surface area (Å²) in [6.07, 6.45) is 0.545. The van der Waals surface area contributed by atoms with Crippen LogP contribution in [0.3, 0.4) is 0 Å². The van der Waals surface area contributed by atoms with Gasteiger partial charge in [0.05, 0.1) is 44.1 Å². The largest absolute Gasteiger partial charge is 0.469 e. The molecule has 0 radical (unpaired) electrons. The van der Waals surface area contributed by atoms with E-state index in [2.05, 4.69) is 15.0 Å². The van der Waals surface area contributed by atoms with E-state index in [1.807, 2.05) is 12.4 Å². The molecule has 1 unspecified atom stereocenters. The van der Waals surface area contributed by atoms with Crippen molar-refractivity contribution in [3.8, 4) is 0 Å². The number of carbonyl (C=O) groups excluding carboxylic acids is 1. The van der Waals surface area contributed by atoms with Crippen LogP contribution >= 0.6 is 11.3 Å². The molecule has 0 aliphatic rings. The van der Waals surface area contributed by atoms with Crippen molar-refractivity contribution in [1.82, 2.24) is 10.3 Å². The molecule has 1 heterocycles. The van der Waals surface area contributed by atoms with Crippen molar-refractivity contribution in [2.75, 3.05) is 33.4 Å². The minimum atomic E-state index is -0.574. The van der Waals surface area contributed by atoms with Gasteiger partial charge in [0, 0.05) is 24.4 Å². The monoisotopic (exact) mass is 302 g/mol. The normalized spacial score (nSPS) is 12.3. The molecule has 7 heteroatoms. The predicted molar refractivity (Wildman–Crippen MR) is 76.9 cm³/mol. The molecule has 0 bridgehead atoms. The maximum atomic E-state index is 10.9. The van der Waals surface area contributed by atoms with Gasteiger partial charge in [-0.3, -0.25) is 4.79 Å². The summed E-state index contributed by atoms with van der Waals surface area (Å²) in [4.78, 5) is 16.2. The topological polar surface area (TPSA) is 80.7 Å². The molecule has 2 N–H and O–H groups in total. The zero-order valence-electron chi connectivity index (χ0n) is 11.9. The fourth-order valence-corrected chi connectivity index (χ4v) is 2.33. The number of esters is 1. The van der Waals surface area contributed by atoms with Crippen LogP contribution in [-0.4, -0.2) is 55.6 Å². The Hall–Kier alpha value is -1.02. The molecule has 0 aromatic carbocycles. The van der Waals surface area contributed by atoms with Gasteiger partial charge in [0.25, 0.3) is 0 Å². The fraction of sp³-hybridized carbons (Fsp3) is 0.692. The molecule has 1 rings (SSSR count).